The van der Waals surface area contributed by atoms with Crippen molar-refractivity contribution in [3.05, 3.63) is 51.4 Å². The van der Waals surface area contributed by atoms with Crippen LogP contribution in [0.4, 0.5) is 0 Å². The molecule has 1 aliphatic rings. The first-order valence-corrected chi connectivity index (χ1v) is 10.5. The van der Waals surface area contributed by atoms with E-state index in [9.17, 15) is 9.59 Å². The van der Waals surface area contributed by atoms with Crippen molar-refractivity contribution in [2.24, 2.45) is 0 Å². The van der Waals surface area contributed by atoms with E-state index in [0.717, 1.165) is 57.8 Å². The molecule has 0 aliphatic carbocycles. The predicted octanol–water partition coefficient (Wildman–Crippen LogP) is 2.50. The highest BCUT2D eigenvalue weighted by atomic mass is 32.2. The van der Waals surface area contributed by atoms with Crippen LogP contribution >= 0.6 is 11.9 Å². The Hall–Kier alpha value is -2.55. The number of hydrogen-bond donors (Lipinski definition) is 4. The van der Waals surface area contributed by atoms with Crippen LogP contribution in [0.25, 0.3) is 22.2 Å². The third kappa shape index (κ3) is 3.96. The molecule has 2 aromatic heterocycles. The lowest BCUT2D eigenvalue weighted by Gasteiger charge is -2.20. The SMILES string of the molecule is CCc1c(-c2ccc3[nH]c(CNCCOC)cc3c2)[nH]c(=O)c2c1SNC(=O)C2. The Labute approximate surface area is 172 Å². The Morgan fingerprint density at radius 2 is 2.07 bits per heavy atom. The lowest BCUT2D eigenvalue weighted by molar-refractivity contribution is -0.118. The summed E-state index contributed by atoms with van der Waals surface area (Å²) in [6.45, 7) is 4.27. The summed E-state index contributed by atoms with van der Waals surface area (Å²) in [4.78, 5) is 31.7. The standard InChI is InChI=1S/C21H24N4O3S/c1-3-15-19(24-21(27)16-10-18(26)25-29-20(15)16)12-4-5-17-13(8-12)9-14(23-17)11-22-6-7-28-2/h4-5,8-9,22-23H,3,6-7,10-11H2,1-2H3,(H,24,27)(H,25,26). The van der Waals surface area contributed by atoms with Gasteiger partial charge in [0.25, 0.3) is 5.56 Å². The monoisotopic (exact) mass is 412 g/mol. The number of carbonyl (C=O) groups is 1. The largest absolute Gasteiger partial charge is 0.383 e. The Morgan fingerprint density at radius 1 is 1.21 bits per heavy atom. The number of ether oxygens (including phenoxy) is 1. The fourth-order valence-corrected chi connectivity index (χ4v) is 4.62. The van der Waals surface area contributed by atoms with Crippen LogP contribution in [-0.2, 0) is 28.9 Å². The quantitative estimate of drug-likeness (QED) is 0.353. The van der Waals surface area contributed by atoms with Gasteiger partial charge in [-0.15, -0.1) is 0 Å². The molecule has 1 aliphatic heterocycles. The second-order valence-corrected chi connectivity index (χ2v) is 7.86. The predicted molar refractivity (Wildman–Crippen MR) is 115 cm³/mol. The topological polar surface area (TPSA) is 99.0 Å². The third-order valence-electron chi connectivity index (χ3n) is 5.08. The Morgan fingerprint density at radius 3 is 2.86 bits per heavy atom. The summed E-state index contributed by atoms with van der Waals surface area (Å²) >= 11 is 1.25. The number of aromatic amines is 2. The second-order valence-electron chi connectivity index (χ2n) is 7.04. The van der Waals surface area contributed by atoms with E-state index in [-0.39, 0.29) is 17.9 Å². The maximum atomic E-state index is 12.6. The van der Waals surface area contributed by atoms with Gasteiger partial charge in [-0.25, -0.2) is 0 Å². The van der Waals surface area contributed by atoms with E-state index in [4.69, 9.17) is 4.74 Å². The van der Waals surface area contributed by atoms with Crippen molar-refractivity contribution < 1.29 is 9.53 Å². The molecule has 4 rings (SSSR count). The number of fused-ring (bicyclic) bond motifs is 2. The van der Waals surface area contributed by atoms with Gasteiger partial charge in [0.15, 0.2) is 0 Å². The van der Waals surface area contributed by atoms with Gasteiger partial charge in [0.1, 0.15) is 0 Å². The molecule has 152 valence electrons. The number of amides is 1. The smallest absolute Gasteiger partial charge is 0.253 e. The molecule has 3 heterocycles. The lowest BCUT2D eigenvalue weighted by atomic mass is 9.99. The van der Waals surface area contributed by atoms with Crippen molar-refractivity contribution in [1.29, 1.82) is 0 Å². The van der Waals surface area contributed by atoms with Gasteiger partial charge in [0.2, 0.25) is 5.91 Å². The van der Waals surface area contributed by atoms with Crippen molar-refractivity contribution in [2.45, 2.75) is 31.2 Å². The van der Waals surface area contributed by atoms with E-state index >= 15 is 0 Å². The highest BCUT2D eigenvalue weighted by Crippen LogP contribution is 2.34. The van der Waals surface area contributed by atoms with Crippen molar-refractivity contribution in [1.82, 2.24) is 20.0 Å². The van der Waals surface area contributed by atoms with Gasteiger partial charge in [-0.1, -0.05) is 13.0 Å². The Kier molecular flexibility index (Phi) is 5.75. The van der Waals surface area contributed by atoms with E-state index in [1.165, 1.54) is 11.9 Å². The number of methoxy groups -OCH3 is 1. The molecule has 0 saturated carbocycles. The molecular formula is C21H24N4O3S. The number of H-pyrrole nitrogens is 2. The first kappa shape index (κ1) is 19.8. The summed E-state index contributed by atoms with van der Waals surface area (Å²) in [5.74, 6) is -0.136. The molecule has 1 aromatic carbocycles. The van der Waals surface area contributed by atoms with Gasteiger partial charge in [-0.3, -0.25) is 14.3 Å². The van der Waals surface area contributed by atoms with Crippen molar-refractivity contribution in [3.8, 4) is 11.3 Å². The Bertz CT molecular complexity index is 1120. The lowest BCUT2D eigenvalue weighted by Crippen LogP contribution is -2.30. The van der Waals surface area contributed by atoms with Crippen LogP contribution < -0.4 is 15.6 Å². The van der Waals surface area contributed by atoms with Crippen molar-refractivity contribution >= 4 is 28.8 Å². The minimum atomic E-state index is -0.188. The van der Waals surface area contributed by atoms with Gasteiger partial charge in [-0.2, -0.15) is 0 Å². The number of pyridine rings is 1. The number of carbonyl (C=O) groups excluding carboxylic acids is 1. The summed E-state index contributed by atoms with van der Waals surface area (Å²) in [5, 5.41) is 4.42. The normalized spacial score (nSPS) is 13.5. The summed E-state index contributed by atoms with van der Waals surface area (Å²) in [6, 6.07) is 8.27. The minimum Gasteiger partial charge on any atom is -0.383 e. The van der Waals surface area contributed by atoms with Crippen molar-refractivity contribution in [2.75, 3.05) is 20.3 Å². The molecule has 0 atom stereocenters. The van der Waals surface area contributed by atoms with Crippen molar-refractivity contribution in [3.63, 3.8) is 0 Å². The van der Waals surface area contributed by atoms with Crippen LogP contribution in [0.15, 0.2) is 34.0 Å². The number of nitrogens with one attached hydrogen (secondary N) is 4. The van der Waals surface area contributed by atoms with E-state index in [1.54, 1.807) is 7.11 Å². The fourth-order valence-electron chi connectivity index (χ4n) is 3.68. The number of aromatic nitrogens is 2. The number of rotatable bonds is 7. The summed E-state index contributed by atoms with van der Waals surface area (Å²) in [7, 11) is 1.69. The molecular weight excluding hydrogens is 388 g/mol. The van der Waals surface area contributed by atoms with Crippen LogP contribution in [-0.4, -0.2) is 36.1 Å². The molecule has 8 heteroatoms. The molecule has 0 spiro atoms. The third-order valence-corrected chi connectivity index (χ3v) is 6.11. The average Bonchev–Trinajstić information content (AvgIpc) is 3.13. The fraction of sp³-hybridized carbons (Fsp3) is 0.333. The molecule has 0 fully saturated rings. The van der Waals surface area contributed by atoms with Crippen LogP contribution in [0, 0.1) is 0 Å². The summed E-state index contributed by atoms with van der Waals surface area (Å²) in [6.07, 6.45) is 0.887. The maximum absolute atomic E-state index is 12.6. The highest BCUT2D eigenvalue weighted by molar-refractivity contribution is 7.98. The number of benzene rings is 1. The minimum absolute atomic E-state index is 0.126. The van der Waals surface area contributed by atoms with E-state index < -0.39 is 0 Å². The molecule has 1 amide bonds. The van der Waals surface area contributed by atoms with Gasteiger partial charge >= 0.3 is 0 Å². The molecule has 3 aromatic rings. The molecule has 7 nitrogen and oxygen atoms in total. The highest BCUT2D eigenvalue weighted by Gasteiger charge is 2.24. The zero-order valence-corrected chi connectivity index (χ0v) is 17.3. The zero-order valence-electron chi connectivity index (χ0n) is 16.5. The molecule has 0 saturated heterocycles. The Balaban J connectivity index is 1.70. The average molecular weight is 413 g/mol. The van der Waals surface area contributed by atoms with E-state index in [1.807, 2.05) is 12.1 Å². The van der Waals surface area contributed by atoms with Gasteiger partial charge < -0.3 is 20.0 Å². The van der Waals surface area contributed by atoms with Crippen LogP contribution in [0.1, 0.15) is 23.7 Å². The van der Waals surface area contributed by atoms with Gasteiger partial charge in [-0.05, 0) is 47.7 Å². The number of hydrogen-bond acceptors (Lipinski definition) is 5. The molecule has 0 unspecified atom stereocenters. The van der Waals surface area contributed by atoms with E-state index in [0.29, 0.717) is 12.2 Å². The summed E-state index contributed by atoms with van der Waals surface area (Å²) in [5.41, 5.74) is 5.37. The van der Waals surface area contributed by atoms with Gasteiger partial charge in [0, 0.05) is 47.3 Å². The molecule has 0 bridgehead atoms. The second kappa shape index (κ2) is 8.44. The molecule has 29 heavy (non-hydrogen) atoms. The molecule has 4 N–H and O–H groups in total. The molecule has 0 radical (unpaired) electrons. The first-order chi connectivity index (χ1) is 14.1. The zero-order chi connectivity index (χ0) is 20.4. The van der Waals surface area contributed by atoms with Gasteiger partial charge in [0.05, 0.1) is 18.7 Å². The van der Waals surface area contributed by atoms with E-state index in [2.05, 4.69) is 39.1 Å². The van der Waals surface area contributed by atoms with Crippen LogP contribution in [0.3, 0.4) is 0 Å². The van der Waals surface area contributed by atoms with Crippen LogP contribution in [0.5, 0.6) is 0 Å². The first-order valence-electron chi connectivity index (χ1n) is 9.66. The van der Waals surface area contributed by atoms with Crippen LogP contribution in [0.2, 0.25) is 0 Å². The summed E-state index contributed by atoms with van der Waals surface area (Å²) < 4.78 is 7.84. The maximum Gasteiger partial charge on any atom is 0.253 e.